The topological polar surface area (TPSA) is 57.6 Å². The molecule has 31 heavy (non-hydrogen) atoms. The van der Waals surface area contributed by atoms with Crippen LogP contribution < -0.4 is 4.90 Å². The Kier molecular flexibility index (Phi) is 6.73. The van der Waals surface area contributed by atoms with Gasteiger partial charge in [-0.3, -0.25) is 4.79 Å². The monoisotopic (exact) mass is 453 g/mol. The molecular weight excluding hydrogens is 430 g/mol. The van der Waals surface area contributed by atoms with Gasteiger partial charge in [0.2, 0.25) is 5.91 Å². The Hall–Kier alpha value is -2.63. The lowest BCUT2D eigenvalue weighted by atomic mass is 10.0. The third-order valence-corrected chi connectivity index (χ3v) is 7.16. The number of benzene rings is 2. The molecule has 1 aliphatic carbocycles. The lowest BCUT2D eigenvalue weighted by Gasteiger charge is -2.24. The van der Waals surface area contributed by atoms with Crippen LogP contribution in [0.25, 0.3) is 10.4 Å². The quantitative estimate of drug-likeness (QED) is 0.424. The summed E-state index contributed by atoms with van der Waals surface area (Å²) in [4.78, 5) is 28.2. The molecule has 0 atom stereocenters. The zero-order valence-electron chi connectivity index (χ0n) is 17.1. The maximum Gasteiger partial charge on any atom is 0.348 e. The number of carbonyl (C=O) groups excluding carboxylic acids is 1. The highest BCUT2D eigenvalue weighted by Gasteiger charge is 2.28. The number of hydrogen-bond acceptors (Lipinski definition) is 3. The fraction of sp³-hybridized carbons (Fsp3) is 0.280. The molecule has 1 fully saturated rings. The molecule has 1 aliphatic rings. The molecule has 1 heterocycles. The molecule has 3 aromatic rings. The van der Waals surface area contributed by atoms with E-state index in [4.69, 9.17) is 11.6 Å². The molecule has 160 valence electrons. The van der Waals surface area contributed by atoms with Gasteiger partial charge >= 0.3 is 5.97 Å². The number of anilines is 1. The number of hydrogen-bond donors (Lipinski definition) is 1. The van der Waals surface area contributed by atoms with Crippen LogP contribution in [0, 0.1) is 5.92 Å². The first kappa shape index (κ1) is 21.6. The number of nitrogens with zero attached hydrogens (tertiary/aromatic N) is 1. The van der Waals surface area contributed by atoms with Gasteiger partial charge in [-0.2, -0.15) is 0 Å². The van der Waals surface area contributed by atoms with Gasteiger partial charge in [0.1, 0.15) is 4.88 Å². The maximum atomic E-state index is 13.4. The standard InChI is InChI=1S/C25H24ClNO3S/c26-20-12-10-18(11-13-20)16-27(23(28)14-17-6-4-5-7-17)21-15-22(31-24(21)25(29)30)19-8-2-1-3-9-19/h1-3,8-13,15,17H,4-7,14,16H2,(H,29,30). The largest absolute Gasteiger partial charge is 0.477 e. The summed E-state index contributed by atoms with van der Waals surface area (Å²) in [6, 6.07) is 18.8. The molecule has 0 aliphatic heterocycles. The van der Waals surface area contributed by atoms with Gasteiger partial charge in [-0.15, -0.1) is 11.3 Å². The van der Waals surface area contributed by atoms with Gasteiger partial charge in [0.05, 0.1) is 12.2 Å². The molecule has 4 rings (SSSR count). The van der Waals surface area contributed by atoms with Crippen molar-refractivity contribution in [1.29, 1.82) is 0 Å². The summed E-state index contributed by atoms with van der Waals surface area (Å²) >= 11 is 7.23. The van der Waals surface area contributed by atoms with Crippen LogP contribution in [0.4, 0.5) is 5.69 Å². The minimum atomic E-state index is -1.02. The fourth-order valence-corrected chi connectivity index (χ4v) is 5.26. The first-order valence-electron chi connectivity index (χ1n) is 10.5. The molecule has 0 unspecified atom stereocenters. The van der Waals surface area contributed by atoms with Crippen molar-refractivity contribution in [3.63, 3.8) is 0 Å². The molecule has 6 heteroatoms. The fourth-order valence-electron chi connectivity index (χ4n) is 4.13. The van der Waals surface area contributed by atoms with Gasteiger partial charge in [0.15, 0.2) is 0 Å². The van der Waals surface area contributed by atoms with Crippen LogP contribution in [0.1, 0.15) is 47.3 Å². The van der Waals surface area contributed by atoms with Crippen LogP contribution in [0.3, 0.4) is 0 Å². The molecular formula is C25H24ClNO3S. The second-order valence-electron chi connectivity index (χ2n) is 7.96. The average molecular weight is 454 g/mol. The van der Waals surface area contributed by atoms with E-state index in [1.54, 1.807) is 17.0 Å². The first-order chi connectivity index (χ1) is 15.0. The van der Waals surface area contributed by atoms with E-state index < -0.39 is 5.97 Å². The molecule has 4 nitrogen and oxygen atoms in total. The van der Waals surface area contributed by atoms with Crippen molar-refractivity contribution in [1.82, 2.24) is 0 Å². The second kappa shape index (κ2) is 9.67. The van der Waals surface area contributed by atoms with E-state index in [-0.39, 0.29) is 10.8 Å². The SMILES string of the molecule is O=C(O)c1sc(-c2ccccc2)cc1N(Cc1ccc(Cl)cc1)C(=O)CC1CCCC1. The minimum absolute atomic E-state index is 0.0261. The van der Waals surface area contributed by atoms with E-state index in [1.807, 2.05) is 48.5 Å². The Morgan fingerprint density at radius 2 is 1.71 bits per heavy atom. The number of amides is 1. The molecule has 1 saturated carbocycles. The number of carbonyl (C=O) groups is 2. The van der Waals surface area contributed by atoms with Crippen LogP contribution >= 0.6 is 22.9 Å². The van der Waals surface area contributed by atoms with Gasteiger partial charge in [-0.05, 0) is 48.1 Å². The van der Waals surface area contributed by atoms with Gasteiger partial charge < -0.3 is 10.0 Å². The van der Waals surface area contributed by atoms with E-state index in [2.05, 4.69) is 0 Å². The molecule has 1 N–H and O–H groups in total. The van der Waals surface area contributed by atoms with E-state index in [9.17, 15) is 14.7 Å². The van der Waals surface area contributed by atoms with Gasteiger partial charge in [0, 0.05) is 16.3 Å². The van der Waals surface area contributed by atoms with Crippen molar-refractivity contribution in [2.45, 2.75) is 38.6 Å². The third kappa shape index (κ3) is 5.17. The van der Waals surface area contributed by atoms with Crippen LogP contribution in [0.15, 0.2) is 60.7 Å². The summed E-state index contributed by atoms with van der Waals surface area (Å²) in [6.45, 7) is 0.313. The van der Waals surface area contributed by atoms with Gasteiger partial charge in [-0.1, -0.05) is 66.9 Å². The Bertz CT molecular complexity index is 1060. The zero-order chi connectivity index (χ0) is 21.8. The van der Waals surface area contributed by atoms with Crippen LogP contribution in [0.2, 0.25) is 5.02 Å². The van der Waals surface area contributed by atoms with Gasteiger partial charge in [-0.25, -0.2) is 4.79 Å². The zero-order valence-corrected chi connectivity index (χ0v) is 18.7. The summed E-state index contributed by atoms with van der Waals surface area (Å²) in [6.07, 6.45) is 4.89. The smallest absolute Gasteiger partial charge is 0.348 e. The van der Waals surface area contributed by atoms with Crippen LogP contribution in [-0.4, -0.2) is 17.0 Å². The second-order valence-corrected chi connectivity index (χ2v) is 9.45. The number of thiophene rings is 1. The van der Waals surface area contributed by atoms with E-state index in [1.165, 1.54) is 11.3 Å². The summed E-state index contributed by atoms with van der Waals surface area (Å²) in [5.41, 5.74) is 2.32. The Balaban J connectivity index is 1.72. The highest BCUT2D eigenvalue weighted by Crippen LogP contribution is 2.38. The van der Waals surface area contributed by atoms with E-state index in [0.29, 0.717) is 29.6 Å². The summed E-state index contributed by atoms with van der Waals surface area (Å²) in [5, 5.41) is 10.5. The number of halogens is 1. The van der Waals surface area contributed by atoms with Crippen LogP contribution in [-0.2, 0) is 11.3 Å². The third-order valence-electron chi connectivity index (χ3n) is 5.75. The number of aromatic carboxylic acids is 1. The lowest BCUT2D eigenvalue weighted by molar-refractivity contribution is -0.119. The normalized spacial score (nSPS) is 14.0. The number of rotatable bonds is 7. The summed E-state index contributed by atoms with van der Waals surface area (Å²) in [5.74, 6) is -0.667. The highest BCUT2D eigenvalue weighted by atomic mass is 35.5. The Morgan fingerprint density at radius 1 is 1.03 bits per heavy atom. The van der Waals surface area contributed by atoms with Crippen molar-refractivity contribution in [2.24, 2.45) is 5.92 Å². The van der Waals surface area contributed by atoms with Crippen molar-refractivity contribution in [3.8, 4) is 10.4 Å². The van der Waals surface area contributed by atoms with Crippen molar-refractivity contribution >= 4 is 40.5 Å². The highest BCUT2D eigenvalue weighted by molar-refractivity contribution is 7.18. The molecule has 2 aromatic carbocycles. The molecule has 0 bridgehead atoms. The van der Waals surface area contributed by atoms with Crippen LogP contribution in [0.5, 0.6) is 0 Å². The Labute approximate surface area is 191 Å². The predicted molar refractivity (Wildman–Crippen MR) is 126 cm³/mol. The minimum Gasteiger partial charge on any atom is -0.477 e. The number of carboxylic acid groups (broad SMARTS) is 1. The Morgan fingerprint density at radius 3 is 2.35 bits per heavy atom. The molecule has 0 radical (unpaired) electrons. The predicted octanol–water partition coefficient (Wildman–Crippen LogP) is 6.88. The maximum absolute atomic E-state index is 13.4. The van der Waals surface area contributed by atoms with Crippen molar-refractivity contribution < 1.29 is 14.7 Å². The average Bonchev–Trinajstić information content (AvgIpc) is 3.44. The summed E-state index contributed by atoms with van der Waals surface area (Å²) in [7, 11) is 0. The first-order valence-corrected chi connectivity index (χ1v) is 11.7. The molecule has 0 spiro atoms. The van der Waals surface area contributed by atoms with Crippen molar-refractivity contribution in [2.75, 3.05) is 4.90 Å². The molecule has 0 saturated heterocycles. The van der Waals surface area contributed by atoms with Crippen molar-refractivity contribution in [3.05, 3.63) is 76.1 Å². The molecule has 1 amide bonds. The summed E-state index contributed by atoms with van der Waals surface area (Å²) < 4.78 is 0. The van der Waals surface area contributed by atoms with E-state index in [0.717, 1.165) is 41.7 Å². The van der Waals surface area contributed by atoms with Gasteiger partial charge in [0.25, 0.3) is 0 Å². The number of carboxylic acids is 1. The van der Waals surface area contributed by atoms with E-state index >= 15 is 0 Å². The lowest BCUT2D eigenvalue weighted by Crippen LogP contribution is -2.32. The molecule has 1 aromatic heterocycles.